The Morgan fingerprint density at radius 3 is 2.69 bits per heavy atom. The van der Waals surface area contributed by atoms with E-state index in [9.17, 15) is 17.6 Å². The minimum atomic E-state index is -4.38. The van der Waals surface area contributed by atoms with E-state index in [1.54, 1.807) is 24.5 Å². The summed E-state index contributed by atoms with van der Waals surface area (Å²) < 4.78 is 61.8. The van der Waals surface area contributed by atoms with Gasteiger partial charge in [0.25, 0.3) is 0 Å². The summed E-state index contributed by atoms with van der Waals surface area (Å²) in [5.74, 6) is 5.99. The summed E-state index contributed by atoms with van der Waals surface area (Å²) in [6, 6.07) is 10.8. The highest BCUT2D eigenvalue weighted by molar-refractivity contribution is 7.64. The number of nitrogens with zero attached hydrogens (tertiary/aromatic N) is 1. The molecule has 3 heterocycles. The van der Waals surface area contributed by atoms with Crippen LogP contribution in [0.25, 0.3) is 21.1 Å². The molecule has 0 bridgehead atoms. The molecule has 4 nitrogen and oxygen atoms in total. The zero-order valence-corrected chi connectivity index (χ0v) is 23.7. The van der Waals surface area contributed by atoms with Gasteiger partial charge in [-0.1, -0.05) is 38.0 Å². The lowest BCUT2D eigenvalue weighted by atomic mass is 10.0. The van der Waals surface area contributed by atoms with Crippen molar-refractivity contribution in [3.63, 3.8) is 0 Å². The normalized spacial score (nSPS) is 18.5. The summed E-state index contributed by atoms with van der Waals surface area (Å²) in [5.41, 5.74) is 2.36. The van der Waals surface area contributed by atoms with E-state index in [0.29, 0.717) is 33.6 Å². The molecule has 1 fully saturated rings. The van der Waals surface area contributed by atoms with Crippen LogP contribution in [0.3, 0.4) is 0 Å². The monoisotopic (exact) mass is 575 g/mol. The number of hydrogen-bond acceptors (Lipinski definition) is 5. The molecule has 4 aromatic rings. The topological polar surface area (TPSA) is 40.4 Å². The molecule has 10 heteroatoms. The highest BCUT2D eigenvalue weighted by Gasteiger charge is 2.32. The van der Waals surface area contributed by atoms with Gasteiger partial charge in [0.2, 0.25) is 0 Å². The number of furan rings is 1. The molecule has 0 radical (unpaired) electrons. The van der Waals surface area contributed by atoms with Crippen molar-refractivity contribution in [1.82, 2.24) is 4.90 Å². The Bertz CT molecular complexity index is 1530. The second-order valence-electron chi connectivity index (χ2n) is 10.0. The van der Waals surface area contributed by atoms with Gasteiger partial charge in [-0.15, -0.1) is 11.3 Å². The quantitative estimate of drug-likeness (QED) is 0.147. The van der Waals surface area contributed by atoms with Crippen LogP contribution < -0.4 is 15.9 Å². The van der Waals surface area contributed by atoms with Gasteiger partial charge in [-0.2, -0.15) is 13.2 Å². The first-order valence-corrected chi connectivity index (χ1v) is 15.8. The molecule has 206 valence electrons. The molecule has 2 N–H and O–H groups in total. The fourth-order valence-corrected chi connectivity index (χ4v) is 7.22. The average molecular weight is 576 g/mol. The summed E-state index contributed by atoms with van der Waals surface area (Å²) in [5, 5.41) is 9.33. The van der Waals surface area contributed by atoms with Gasteiger partial charge in [-0.05, 0) is 61.3 Å². The van der Waals surface area contributed by atoms with Gasteiger partial charge in [0.05, 0.1) is 46.2 Å². The molecule has 0 spiro atoms. The molecule has 1 aliphatic heterocycles. The first-order valence-electron chi connectivity index (χ1n) is 12.7. The standard InChI is InChI=1S/C29H30F4N3OPS/c1-36-14-11-22(21(30)17-36)35-24-7-4-6-18-20(16-29(31,32)33)26(39-28(18)24)8-5-13-34-23-9-10-25(38(2)3)19-12-15-37-27(19)23/h4,6-7,9-10,12,15,21-22,34-35H,11,13-14,16-17H2,1-3H3/t21-,22+/m0/s1. The lowest BCUT2D eigenvalue weighted by Gasteiger charge is -2.33. The maximum atomic E-state index is 14.7. The van der Waals surface area contributed by atoms with E-state index in [2.05, 4.69) is 41.9 Å². The molecule has 2 aromatic carbocycles. The van der Waals surface area contributed by atoms with Crippen LogP contribution in [0.4, 0.5) is 28.9 Å². The minimum absolute atomic E-state index is 0.163. The van der Waals surface area contributed by atoms with Crippen molar-refractivity contribution in [2.24, 2.45) is 0 Å². The third-order valence-corrected chi connectivity index (χ3v) is 9.48. The fraction of sp³-hybridized carbons (Fsp3) is 0.379. The lowest BCUT2D eigenvalue weighted by Crippen LogP contribution is -2.46. The molecular formula is C29H30F4N3OPS. The van der Waals surface area contributed by atoms with Crippen molar-refractivity contribution in [3.05, 3.63) is 53.1 Å². The zero-order valence-electron chi connectivity index (χ0n) is 22.0. The van der Waals surface area contributed by atoms with Gasteiger partial charge in [0.15, 0.2) is 5.58 Å². The molecule has 1 aliphatic rings. The molecule has 39 heavy (non-hydrogen) atoms. The maximum absolute atomic E-state index is 14.7. The van der Waals surface area contributed by atoms with Crippen molar-refractivity contribution in [3.8, 4) is 11.8 Å². The van der Waals surface area contributed by atoms with E-state index < -0.39 is 18.8 Å². The van der Waals surface area contributed by atoms with Gasteiger partial charge in [0, 0.05) is 18.5 Å². The Kier molecular flexibility index (Phi) is 8.09. The molecule has 1 saturated heterocycles. The minimum Gasteiger partial charge on any atom is -0.462 e. The largest absolute Gasteiger partial charge is 0.462 e. The Hall–Kier alpha value is -2.79. The summed E-state index contributed by atoms with van der Waals surface area (Å²) in [6.07, 6.45) is -4.23. The Balaban J connectivity index is 1.42. The molecule has 0 unspecified atom stereocenters. The zero-order chi connectivity index (χ0) is 27.7. The van der Waals surface area contributed by atoms with E-state index in [1.807, 2.05) is 24.1 Å². The molecule has 5 rings (SSSR count). The predicted octanol–water partition coefficient (Wildman–Crippen LogP) is 7.04. The van der Waals surface area contributed by atoms with Crippen LogP contribution in [0.15, 0.2) is 47.1 Å². The van der Waals surface area contributed by atoms with Crippen LogP contribution >= 0.6 is 19.3 Å². The number of piperidine rings is 1. The smallest absolute Gasteiger partial charge is 0.393 e. The average Bonchev–Trinajstić information content (AvgIpc) is 3.49. The summed E-state index contributed by atoms with van der Waals surface area (Å²) in [4.78, 5) is 2.31. The van der Waals surface area contributed by atoms with Gasteiger partial charge in [-0.3, -0.25) is 0 Å². The van der Waals surface area contributed by atoms with Crippen LogP contribution in [0.1, 0.15) is 16.9 Å². The summed E-state index contributed by atoms with van der Waals surface area (Å²) in [7, 11) is 1.58. The Labute approximate surface area is 230 Å². The van der Waals surface area contributed by atoms with Crippen molar-refractivity contribution >= 4 is 57.0 Å². The van der Waals surface area contributed by atoms with Gasteiger partial charge < -0.3 is 20.0 Å². The number of nitrogens with one attached hydrogen (secondary N) is 2. The van der Waals surface area contributed by atoms with Crippen LogP contribution in [0.2, 0.25) is 0 Å². The first-order chi connectivity index (χ1) is 18.6. The molecule has 0 saturated carbocycles. The number of hydrogen-bond donors (Lipinski definition) is 2. The number of rotatable bonds is 6. The van der Waals surface area contributed by atoms with Crippen molar-refractivity contribution < 1.29 is 22.0 Å². The van der Waals surface area contributed by atoms with E-state index >= 15 is 0 Å². The molecular weight excluding hydrogens is 545 g/mol. The molecule has 2 atom stereocenters. The van der Waals surface area contributed by atoms with E-state index in [0.717, 1.165) is 23.2 Å². The highest BCUT2D eigenvalue weighted by atomic mass is 32.1. The highest BCUT2D eigenvalue weighted by Crippen LogP contribution is 2.39. The number of anilines is 2. The number of thiophene rings is 1. The number of benzene rings is 2. The Morgan fingerprint density at radius 2 is 1.95 bits per heavy atom. The van der Waals surface area contributed by atoms with E-state index in [1.165, 1.54) is 16.6 Å². The van der Waals surface area contributed by atoms with Gasteiger partial charge in [-0.25, -0.2) is 4.39 Å². The van der Waals surface area contributed by atoms with Crippen molar-refractivity contribution in [2.45, 2.75) is 31.2 Å². The Morgan fingerprint density at radius 1 is 1.13 bits per heavy atom. The lowest BCUT2D eigenvalue weighted by molar-refractivity contribution is -0.126. The number of alkyl halides is 4. The summed E-state index contributed by atoms with van der Waals surface area (Å²) in [6.45, 7) is 5.69. The van der Waals surface area contributed by atoms with Crippen LogP contribution in [0, 0.1) is 11.8 Å². The van der Waals surface area contributed by atoms with Crippen LogP contribution in [-0.4, -0.2) is 63.3 Å². The van der Waals surface area contributed by atoms with E-state index in [-0.39, 0.29) is 26.1 Å². The molecule has 2 aromatic heterocycles. The van der Waals surface area contributed by atoms with Crippen molar-refractivity contribution in [2.75, 3.05) is 50.6 Å². The molecule has 0 aliphatic carbocycles. The third-order valence-electron chi connectivity index (χ3n) is 6.93. The maximum Gasteiger partial charge on any atom is 0.393 e. The van der Waals surface area contributed by atoms with Crippen LogP contribution in [-0.2, 0) is 6.42 Å². The predicted molar refractivity (Wildman–Crippen MR) is 156 cm³/mol. The fourth-order valence-electron chi connectivity index (χ4n) is 5.02. The van der Waals surface area contributed by atoms with Gasteiger partial charge in [0.1, 0.15) is 6.17 Å². The number of fused-ring (bicyclic) bond motifs is 2. The van der Waals surface area contributed by atoms with Gasteiger partial charge >= 0.3 is 6.18 Å². The molecule has 0 amide bonds. The second-order valence-corrected chi connectivity index (χ2v) is 13.3. The summed E-state index contributed by atoms with van der Waals surface area (Å²) >= 11 is 1.22. The SMILES string of the molecule is CN1CC[C@@H](Nc2cccc3c(CC(F)(F)F)c(C#CCNc4ccc(P(C)C)c5ccoc45)sc23)[C@@H](F)C1. The van der Waals surface area contributed by atoms with Crippen molar-refractivity contribution in [1.29, 1.82) is 0 Å². The first kappa shape index (κ1) is 27.8. The van der Waals surface area contributed by atoms with Crippen LogP contribution in [0.5, 0.6) is 0 Å². The number of likely N-dealkylation sites (tertiary alicyclic amines) is 1. The van der Waals surface area contributed by atoms with E-state index in [4.69, 9.17) is 4.42 Å². The third kappa shape index (κ3) is 6.19. The second kappa shape index (κ2) is 11.4. The number of halogens is 4.